The highest BCUT2D eigenvalue weighted by Crippen LogP contribution is 2.19. The normalized spacial score (nSPS) is 13.9. The molecule has 0 fully saturated rings. The molecule has 0 bridgehead atoms. The van der Waals surface area contributed by atoms with Gasteiger partial charge in [0.15, 0.2) is 11.4 Å². The van der Waals surface area contributed by atoms with Gasteiger partial charge in [-0.3, -0.25) is 15.6 Å². The SMILES string of the molecule is CC(=O)NNc1ccc([NH+]([O-])O)cc1[NH+]([O-])O. The number of amides is 1. The summed E-state index contributed by atoms with van der Waals surface area (Å²) in [6.07, 6.45) is 0. The van der Waals surface area contributed by atoms with Gasteiger partial charge in [0.1, 0.15) is 5.69 Å². The molecule has 1 rings (SSSR count). The maximum atomic E-state index is 10.9. The topological polar surface area (TPSA) is 137 Å². The zero-order valence-electron chi connectivity index (χ0n) is 8.85. The van der Waals surface area contributed by atoms with Gasteiger partial charge < -0.3 is 10.4 Å². The maximum absolute atomic E-state index is 10.9. The predicted octanol–water partition coefficient (Wildman–Crippen LogP) is -2.04. The zero-order chi connectivity index (χ0) is 13.0. The smallest absolute Gasteiger partial charge is 0.235 e. The standard InChI is InChI=1S/C8H12N4O5/c1-5(13)9-10-7-3-2-6(11(14)15)4-8(7)12(16)17/h2-4,10-12,14,16H,1H3,(H,9,13). The van der Waals surface area contributed by atoms with Crippen molar-refractivity contribution in [3.05, 3.63) is 28.6 Å². The van der Waals surface area contributed by atoms with E-state index in [4.69, 9.17) is 10.4 Å². The lowest BCUT2D eigenvalue weighted by Gasteiger charge is -2.19. The summed E-state index contributed by atoms with van der Waals surface area (Å²) in [6.45, 7) is 1.25. The van der Waals surface area contributed by atoms with Gasteiger partial charge in [0.05, 0.1) is 6.07 Å². The van der Waals surface area contributed by atoms with Gasteiger partial charge in [-0.2, -0.15) is 10.5 Å². The second kappa shape index (κ2) is 5.54. The Hall–Kier alpha value is -1.75. The van der Waals surface area contributed by atoms with Crippen molar-refractivity contribution in [3.8, 4) is 0 Å². The summed E-state index contributed by atoms with van der Waals surface area (Å²) in [4.78, 5) is 10.7. The minimum absolute atomic E-state index is 0.109. The molecular formula is C8H12N4O5. The molecule has 1 aromatic carbocycles. The van der Waals surface area contributed by atoms with Gasteiger partial charge in [-0.15, -0.1) is 0 Å². The average Bonchev–Trinajstić information content (AvgIpc) is 2.25. The Balaban J connectivity index is 3.00. The molecule has 0 aliphatic carbocycles. The van der Waals surface area contributed by atoms with Crippen LogP contribution >= 0.6 is 0 Å². The van der Waals surface area contributed by atoms with Gasteiger partial charge in [0.2, 0.25) is 5.91 Å². The number of rotatable bonds is 4. The van der Waals surface area contributed by atoms with E-state index in [1.807, 2.05) is 0 Å². The van der Waals surface area contributed by atoms with Crippen molar-refractivity contribution in [3.63, 3.8) is 0 Å². The first-order valence-electron chi connectivity index (χ1n) is 4.55. The lowest BCUT2D eigenvalue weighted by molar-refractivity contribution is -0.996. The van der Waals surface area contributed by atoms with Gasteiger partial charge in [-0.1, -0.05) is 0 Å². The van der Waals surface area contributed by atoms with Gasteiger partial charge >= 0.3 is 0 Å². The van der Waals surface area contributed by atoms with Crippen molar-refractivity contribution in [1.82, 2.24) is 5.43 Å². The van der Waals surface area contributed by atoms with Crippen molar-refractivity contribution in [2.24, 2.45) is 0 Å². The number of nitrogens with one attached hydrogen (secondary N) is 4. The molecule has 0 heterocycles. The number of carbonyl (C=O) groups excluding carboxylic acids is 1. The fraction of sp³-hybridized carbons (Fsp3) is 0.125. The zero-order valence-corrected chi connectivity index (χ0v) is 8.85. The van der Waals surface area contributed by atoms with Crippen molar-refractivity contribution >= 4 is 23.0 Å². The van der Waals surface area contributed by atoms with Crippen molar-refractivity contribution in [2.75, 3.05) is 5.43 Å². The van der Waals surface area contributed by atoms with Crippen LogP contribution in [0.15, 0.2) is 18.2 Å². The molecule has 6 N–H and O–H groups in total. The molecule has 94 valence electrons. The van der Waals surface area contributed by atoms with Crippen LogP contribution in [0.4, 0.5) is 17.1 Å². The summed E-state index contributed by atoms with van der Waals surface area (Å²) in [5.74, 6) is -0.399. The van der Waals surface area contributed by atoms with Gasteiger partial charge in [-0.05, 0) is 6.07 Å². The van der Waals surface area contributed by atoms with Crippen molar-refractivity contribution < 1.29 is 25.7 Å². The summed E-state index contributed by atoms with van der Waals surface area (Å²) in [7, 11) is 0. The third kappa shape index (κ3) is 3.64. The Bertz CT molecular complexity index is 409. The van der Waals surface area contributed by atoms with E-state index in [0.717, 1.165) is 6.07 Å². The molecule has 1 amide bonds. The number of hydrazine groups is 1. The molecule has 17 heavy (non-hydrogen) atoms. The highest BCUT2D eigenvalue weighted by molar-refractivity contribution is 5.76. The molecule has 9 nitrogen and oxygen atoms in total. The molecule has 2 atom stereocenters. The van der Waals surface area contributed by atoms with Gasteiger partial charge in [0.25, 0.3) is 0 Å². The van der Waals surface area contributed by atoms with Crippen LogP contribution in [0.5, 0.6) is 0 Å². The van der Waals surface area contributed by atoms with Gasteiger partial charge in [0, 0.05) is 13.0 Å². The highest BCUT2D eigenvalue weighted by Gasteiger charge is 2.13. The molecule has 0 radical (unpaired) electrons. The van der Waals surface area contributed by atoms with Crippen molar-refractivity contribution in [2.45, 2.75) is 6.92 Å². The van der Waals surface area contributed by atoms with Crippen LogP contribution in [0, 0.1) is 10.4 Å². The third-order valence-electron chi connectivity index (χ3n) is 1.87. The lowest BCUT2D eigenvalue weighted by Crippen LogP contribution is -3.00. The summed E-state index contributed by atoms with van der Waals surface area (Å²) < 4.78 is 0. The number of benzene rings is 1. The Kier molecular flexibility index (Phi) is 4.34. The predicted molar refractivity (Wildman–Crippen MR) is 55.4 cm³/mol. The molecule has 0 saturated heterocycles. The molecule has 0 aromatic heterocycles. The first kappa shape index (κ1) is 13.3. The third-order valence-corrected chi connectivity index (χ3v) is 1.87. The van der Waals surface area contributed by atoms with Crippen LogP contribution in [-0.4, -0.2) is 16.3 Å². The van der Waals surface area contributed by atoms with E-state index in [1.165, 1.54) is 19.1 Å². The quantitative estimate of drug-likeness (QED) is 0.337. The molecule has 0 aliphatic rings. The Labute approximate surface area is 95.9 Å². The first-order chi connectivity index (χ1) is 7.91. The van der Waals surface area contributed by atoms with E-state index >= 15 is 0 Å². The van der Waals surface area contributed by atoms with E-state index in [2.05, 4.69) is 10.9 Å². The summed E-state index contributed by atoms with van der Waals surface area (Å²) in [5.41, 5.74) is 4.32. The lowest BCUT2D eigenvalue weighted by atomic mass is 10.2. The molecule has 2 unspecified atom stereocenters. The summed E-state index contributed by atoms with van der Waals surface area (Å²) >= 11 is 0. The monoisotopic (exact) mass is 244 g/mol. The molecule has 0 aliphatic heterocycles. The van der Waals surface area contributed by atoms with E-state index in [9.17, 15) is 15.2 Å². The van der Waals surface area contributed by atoms with Crippen LogP contribution < -0.4 is 21.3 Å². The fourth-order valence-corrected chi connectivity index (χ4v) is 1.12. The minimum Gasteiger partial charge on any atom is -0.595 e. The Morgan fingerprint density at radius 1 is 1.29 bits per heavy atom. The molecule has 1 aromatic rings. The minimum atomic E-state index is -1.29. The number of hydrogen-bond acceptors (Lipinski definition) is 6. The van der Waals surface area contributed by atoms with Crippen LogP contribution in [0.3, 0.4) is 0 Å². The second-order valence-electron chi connectivity index (χ2n) is 3.18. The van der Waals surface area contributed by atoms with E-state index in [1.54, 1.807) is 0 Å². The fourth-order valence-electron chi connectivity index (χ4n) is 1.12. The second-order valence-corrected chi connectivity index (χ2v) is 3.18. The maximum Gasteiger partial charge on any atom is 0.235 e. The van der Waals surface area contributed by atoms with E-state index in [0.29, 0.717) is 0 Å². The van der Waals surface area contributed by atoms with Crippen LogP contribution in [-0.2, 0) is 4.79 Å². The van der Waals surface area contributed by atoms with Crippen LogP contribution in [0.2, 0.25) is 0 Å². The number of anilines is 1. The van der Waals surface area contributed by atoms with Gasteiger partial charge in [-0.25, -0.2) is 10.4 Å². The molecular weight excluding hydrogens is 232 g/mol. The summed E-state index contributed by atoms with van der Waals surface area (Å²) in [5, 5.41) is 36.7. The van der Waals surface area contributed by atoms with E-state index in [-0.39, 0.29) is 17.1 Å². The van der Waals surface area contributed by atoms with Crippen LogP contribution in [0.25, 0.3) is 0 Å². The Morgan fingerprint density at radius 2 is 1.94 bits per heavy atom. The summed E-state index contributed by atoms with van der Waals surface area (Å²) in [6, 6.07) is 3.51. The van der Waals surface area contributed by atoms with Crippen LogP contribution in [0.1, 0.15) is 6.92 Å². The first-order valence-corrected chi connectivity index (χ1v) is 4.55. The molecule has 0 spiro atoms. The highest BCUT2D eigenvalue weighted by atomic mass is 16.8. The van der Waals surface area contributed by atoms with E-state index < -0.39 is 16.4 Å². The molecule has 9 heteroatoms. The number of quaternary nitrogens is 2. The number of carbonyl (C=O) groups is 1. The number of hydrogen-bond donors (Lipinski definition) is 6. The largest absolute Gasteiger partial charge is 0.595 e. The van der Waals surface area contributed by atoms with Crippen molar-refractivity contribution in [1.29, 1.82) is 0 Å². The average molecular weight is 244 g/mol. The Morgan fingerprint density at radius 3 is 2.41 bits per heavy atom. The molecule has 0 saturated carbocycles.